The minimum atomic E-state index is -0.168. The molecule has 30 heavy (non-hydrogen) atoms. The normalized spacial score (nSPS) is 14.1. The molecule has 0 aliphatic carbocycles. The topological polar surface area (TPSA) is 93.8 Å². The lowest BCUT2D eigenvalue weighted by molar-refractivity contribution is 0.585. The van der Waals surface area contributed by atoms with Crippen LogP contribution in [0.4, 0.5) is 5.82 Å². The summed E-state index contributed by atoms with van der Waals surface area (Å²) in [6.45, 7) is 3.67. The second-order valence-electron chi connectivity index (χ2n) is 6.92. The third-order valence-corrected chi connectivity index (χ3v) is 5.04. The van der Waals surface area contributed by atoms with Gasteiger partial charge in [0.2, 0.25) is 5.43 Å². The van der Waals surface area contributed by atoms with Crippen molar-refractivity contribution in [3.05, 3.63) is 77.6 Å². The molecule has 0 radical (unpaired) electrons. The summed E-state index contributed by atoms with van der Waals surface area (Å²) >= 11 is 0. The van der Waals surface area contributed by atoms with Gasteiger partial charge >= 0.3 is 0 Å². The molecule has 0 aromatic carbocycles. The van der Waals surface area contributed by atoms with Crippen molar-refractivity contribution in [1.82, 2.24) is 34.8 Å². The van der Waals surface area contributed by atoms with Gasteiger partial charge in [-0.05, 0) is 24.3 Å². The van der Waals surface area contributed by atoms with Crippen molar-refractivity contribution in [3.63, 3.8) is 0 Å². The predicted octanol–water partition coefficient (Wildman–Crippen LogP) is 1.28. The van der Waals surface area contributed by atoms with Gasteiger partial charge in [-0.2, -0.15) is 10.2 Å². The zero-order valence-electron chi connectivity index (χ0n) is 16.2. The van der Waals surface area contributed by atoms with Crippen LogP contribution in [0.25, 0.3) is 22.8 Å². The van der Waals surface area contributed by atoms with Crippen LogP contribution in [-0.4, -0.2) is 55.7 Å². The van der Waals surface area contributed by atoms with Crippen molar-refractivity contribution in [3.8, 4) is 22.8 Å². The van der Waals surface area contributed by atoms with Gasteiger partial charge in [0.25, 0.3) is 0 Å². The van der Waals surface area contributed by atoms with E-state index in [1.54, 1.807) is 46.4 Å². The van der Waals surface area contributed by atoms with Gasteiger partial charge in [-0.25, -0.2) is 14.3 Å². The Morgan fingerprint density at radius 1 is 0.900 bits per heavy atom. The second kappa shape index (κ2) is 7.88. The fourth-order valence-corrected chi connectivity index (χ4v) is 3.52. The lowest BCUT2D eigenvalue weighted by Crippen LogP contribution is -2.43. The van der Waals surface area contributed by atoms with Gasteiger partial charge in [0.15, 0.2) is 5.69 Å². The molecule has 0 amide bonds. The van der Waals surface area contributed by atoms with Crippen LogP contribution in [0, 0.1) is 0 Å². The van der Waals surface area contributed by atoms with Crippen LogP contribution in [0.5, 0.6) is 0 Å². The van der Waals surface area contributed by atoms with E-state index in [1.165, 1.54) is 6.07 Å². The van der Waals surface area contributed by atoms with Crippen LogP contribution in [0.2, 0.25) is 0 Å². The van der Waals surface area contributed by atoms with Crippen LogP contribution in [0.15, 0.2) is 72.2 Å². The molecule has 1 fully saturated rings. The van der Waals surface area contributed by atoms with Crippen molar-refractivity contribution in [2.75, 3.05) is 31.1 Å². The molecular weight excluding hydrogens is 380 g/mol. The first kappa shape index (κ1) is 18.2. The number of nitrogens with one attached hydrogen (secondary N) is 1. The van der Waals surface area contributed by atoms with Gasteiger partial charge in [0, 0.05) is 63.1 Å². The molecule has 5 rings (SSSR count). The minimum absolute atomic E-state index is 0.168. The van der Waals surface area contributed by atoms with Crippen molar-refractivity contribution in [1.29, 1.82) is 0 Å². The standard InChI is InChI=1S/C21H20N8O/c30-19-5-12-28(16-1-6-22-7-2-16)26-21(19)18-4-9-25-29(18)17-3-8-24-20(15-17)27-13-10-23-11-14-27/h1-9,12,15,23H,10-11,13-14H2. The third-order valence-electron chi connectivity index (χ3n) is 5.04. The fraction of sp³-hybridized carbons (Fsp3) is 0.190. The van der Waals surface area contributed by atoms with Crippen molar-refractivity contribution >= 4 is 5.82 Å². The van der Waals surface area contributed by atoms with Crippen LogP contribution in [0.1, 0.15) is 0 Å². The first-order valence-electron chi connectivity index (χ1n) is 9.76. The summed E-state index contributed by atoms with van der Waals surface area (Å²) in [4.78, 5) is 23.4. The number of hydrogen-bond acceptors (Lipinski definition) is 7. The molecule has 4 aromatic rings. The highest BCUT2D eigenvalue weighted by Crippen LogP contribution is 2.21. The van der Waals surface area contributed by atoms with Crippen LogP contribution in [0.3, 0.4) is 0 Å². The van der Waals surface area contributed by atoms with E-state index in [0.717, 1.165) is 43.4 Å². The molecule has 5 heterocycles. The maximum Gasteiger partial charge on any atom is 0.209 e. The van der Waals surface area contributed by atoms with E-state index in [2.05, 4.69) is 30.4 Å². The summed E-state index contributed by atoms with van der Waals surface area (Å²) in [5.41, 5.74) is 2.44. The van der Waals surface area contributed by atoms with Crippen molar-refractivity contribution in [2.24, 2.45) is 0 Å². The summed E-state index contributed by atoms with van der Waals surface area (Å²) in [5.74, 6) is 0.894. The Morgan fingerprint density at radius 2 is 1.70 bits per heavy atom. The van der Waals surface area contributed by atoms with E-state index >= 15 is 0 Å². The lowest BCUT2D eigenvalue weighted by Gasteiger charge is -2.28. The highest BCUT2D eigenvalue weighted by molar-refractivity contribution is 5.58. The van der Waals surface area contributed by atoms with Crippen molar-refractivity contribution in [2.45, 2.75) is 0 Å². The molecular formula is C21H20N8O. The molecule has 1 aliphatic rings. The Balaban J connectivity index is 1.55. The SMILES string of the molecule is O=c1ccn(-c2ccncc2)nc1-c1ccnn1-c1ccnc(N2CCNCC2)c1. The van der Waals surface area contributed by atoms with E-state index in [0.29, 0.717) is 11.4 Å². The molecule has 9 heteroatoms. The number of piperazine rings is 1. The highest BCUT2D eigenvalue weighted by Gasteiger charge is 2.16. The first-order valence-corrected chi connectivity index (χ1v) is 9.76. The molecule has 4 aromatic heterocycles. The summed E-state index contributed by atoms with van der Waals surface area (Å²) in [5, 5.41) is 12.4. The maximum atomic E-state index is 12.6. The van der Waals surface area contributed by atoms with E-state index in [9.17, 15) is 4.79 Å². The number of rotatable bonds is 4. The smallest absolute Gasteiger partial charge is 0.209 e. The first-order chi connectivity index (χ1) is 14.8. The number of aromatic nitrogens is 6. The zero-order valence-corrected chi connectivity index (χ0v) is 16.2. The van der Waals surface area contributed by atoms with Crippen LogP contribution >= 0.6 is 0 Å². The fourth-order valence-electron chi connectivity index (χ4n) is 3.52. The quantitative estimate of drug-likeness (QED) is 0.552. The molecule has 0 spiro atoms. The number of pyridine rings is 2. The summed E-state index contributed by atoms with van der Waals surface area (Å²) < 4.78 is 3.39. The molecule has 0 saturated carbocycles. The number of anilines is 1. The minimum Gasteiger partial charge on any atom is -0.354 e. The second-order valence-corrected chi connectivity index (χ2v) is 6.92. The summed E-state index contributed by atoms with van der Waals surface area (Å²) in [7, 11) is 0. The molecule has 9 nitrogen and oxygen atoms in total. The van der Waals surface area contributed by atoms with Gasteiger partial charge < -0.3 is 10.2 Å². The molecule has 0 atom stereocenters. The van der Waals surface area contributed by atoms with Gasteiger partial charge in [-0.3, -0.25) is 9.78 Å². The van der Waals surface area contributed by atoms with Gasteiger partial charge in [-0.15, -0.1) is 0 Å². The zero-order chi connectivity index (χ0) is 20.3. The molecule has 1 N–H and O–H groups in total. The Morgan fingerprint density at radius 3 is 2.53 bits per heavy atom. The molecule has 0 bridgehead atoms. The Hall–Kier alpha value is -3.85. The Labute approximate surface area is 172 Å². The van der Waals surface area contributed by atoms with Crippen LogP contribution < -0.4 is 15.6 Å². The largest absolute Gasteiger partial charge is 0.354 e. The van der Waals surface area contributed by atoms with E-state index < -0.39 is 0 Å². The number of nitrogens with zero attached hydrogens (tertiary/aromatic N) is 7. The summed E-state index contributed by atoms with van der Waals surface area (Å²) in [6, 6.07) is 10.9. The van der Waals surface area contributed by atoms with Gasteiger partial charge in [0.1, 0.15) is 5.82 Å². The summed E-state index contributed by atoms with van der Waals surface area (Å²) in [6.07, 6.45) is 8.47. The average Bonchev–Trinajstić information content (AvgIpc) is 3.30. The van der Waals surface area contributed by atoms with Gasteiger partial charge in [0.05, 0.1) is 23.3 Å². The van der Waals surface area contributed by atoms with Crippen molar-refractivity contribution < 1.29 is 0 Å². The number of hydrogen-bond donors (Lipinski definition) is 1. The third kappa shape index (κ3) is 3.46. The highest BCUT2D eigenvalue weighted by atomic mass is 16.1. The van der Waals surface area contributed by atoms with Gasteiger partial charge in [-0.1, -0.05) is 0 Å². The predicted molar refractivity (Wildman–Crippen MR) is 113 cm³/mol. The molecule has 1 saturated heterocycles. The maximum absolute atomic E-state index is 12.6. The monoisotopic (exact) mass is 400 g/mol. The Bertz CT molecular complexity index is 1210. The van der Waals surface area contributed by atoms with E-state index in [1.807, 2.05) is 24.3 Å². The lowest BCUT2D eigenvalue weighted by atomic mass is 10.2. The van der Waals surface area contributed by atoms with E-state index in [-0.39, 0.29) is 5.43 Å². The average molecular weight is 400 g/mol. The Kier molecular flexibility index (Phi) is 4.78. The molecule has 1 aliphatic heterocycles. The molecule has 150 valence electrons. The van der Waals surface area contributed by atoms with Crippen LogP contribution in [-0.2, 0) is 0 Å². The molecule has 0 unspecified atom stereocenters. The van der Waals surface area contributed by atoms with E-state index in [4.69, 9.17) is 0 Å².